The Hall–Kier alpha value is -0.290. The van der Waals surface area contributed by atoms with E-state index in [1.165, 1.54) is 0 Å². The maximum absolute atomic E-state index is 13.0. The molecule has 0 N–H and O–H groups in total. The van der Waals surface area contributed by atoms with Gasteiger partial charge in [-0.25, -0.2) is 0 Å². The Morgan fingerprint density at radius 1 is 1.06 bits per heavy atom. The summed E-state index contributed by atoms with van der Waals surface area (Å²) in [4.78, 5) is 11.7. The van der Waals surface area contributed by atoms with Crippen molar-refractivity contribution in [2.45, 2.75) is 30.0 Å². The van der Waals surface area contributed by atoms with Gasteiger partial charge in [0.2, 0.25) is 0 Å². The standard InChI is InChI=1S/C10H8Cl2F4O/c11-9(13,14)8(10(12,15)16)6-4-1-2-5(3-4)7(6)17/h4-5H,1-3H2/t4-,5+/m0/s1. The molecule has 0 saturated heterocycles. The Kier molecular flexibility index (Phi) is 2.98. The molecule has 0 aromatic carbocycles. The maximum Gasteiger partial charge on any atom is 0.352 e. The van der Waals surface area contributed by atoms with Gasteiger partial charge in [0, 0.05) is 11.5 Å². The fourth-order valence-corrected chi connectivity index (χ4v) is 3.19. The van der Waals surface area contributed by atoms with Crippen molar-refractivity contribution in [1.29, 1.82) is 0 Å². The molecule has 0 aliphatic heterocycles. The second-order valence-electron chi connectivity index (χ2n) is 4.36. The zero-order valence-electron chi connectivity index (χ0n) is 8.45. The van der Waals surface area contributed by atoms with Crippen LogP contribution in [0.15, 0.2) is 11.1 Å². The first kappa shape index (κ1) is 13.1. The number of carbonyl (C=O) groups is 1. The van der Waals surface area contributed by atoms with Crippen LogP contribution >= 0.6 is 23.2 Å². The molecule has 17 heavy (non-hydrogen) atoms. The van der Waals surface area contributed by atoms with E-state index >= 15 is 0 Å². The molecule has 2 rings (SSSR count). The molecule has 0 amide bonds. The third-order valence-corrected chi connectivity index (χ3v) is 3.69. The maximum atomic E-state index is 13.0. The summed E-state index contributed by atoms with van der Waals surface area (Å²) in [5.41, 5.74) is -2.29. The average molecular weight is 291 g/mol. The van der Waals surface area contributed by atoms with Gasteiger partial charge < -0.3 is 0 Å². The molecular formula is C10H8Cl2F4O. The van der Waals surface area contributed by atoms with E-state index in [-0.39, 0.29) is 0 Å². The summed E-state index contributed by atoms with van der Waals surface area (Å²) in [6, 6.07) is 0. The number of fused-ring (bicyclic) bond motifs is 2. The van der Waals surface area contributed by atoms with Gasteiger partial charge >= 0.3 is 10.8 Å². The van der Waals surface area contributed by atoms with Crippen molar-refractivity contribution in [2.24, 2.45) is 11.8 Å². The smallest absolute Gasteiger partial charge is 0.294 e. The first-order valence-corrected chi connectivity index (χ1v) is 5.80. The van der Waals surface area contributed by atoms with E-state index < -0.39 is 39.5 Å². The van der Waals surface area contributed by atoms with E-state index in [1.807, 2.05) is 0 Å². The number of ketones is 1. The topological polar surface area (TPSA) is 17.1 Å². The Labute approximate surface area is 105 Å². The molecule has 0 heterocycles. The quantitative estimate of drug-likeness (QED) is 0.428. The van der Waals surface area contributed by atoms with E-state index in [0.717, 1.165) is 0 Å². The van der Waals surface area contributed by atoms with Crippen LogP contribution < -0.4 is 0 Å². The fraction of sp³-hybridized carbons (Fsp3) is 0.700. The number of rotatable bonds is 2. The van der Waals surface area contributed by atoms with Crippen LogP contribution in [0.1, 0.15) is 19.3 Å². The number of allylic oxidation sites excluding steroid dienone is 2. The molecule has 0 unspecified atom stereocenters. The highest BCUT2D eigenvalue weighted by Gasteiger charge is 2.55. The zero-order valence-corrected chi connectivity index (χ0v) is 9.96. The van der Waals surface area contributed by atoms with Crippen molar-refractivity contribution in [1.82, 2.24) is 0 Å². The highest BCUT2D eigenvalue weighted by atomic mass is 35.5. The summed E-state index contributed by atoms with van der Waals surface area (Å²) in [5.74, 6) is -1.64. The molecule has 1 nitrogen and oxygen atoms in total. The minimum Gasteiger partial charge on any atom is -0.294 e. The van der Waals surface area contributed by atoms with Gasteiger partial charge in [0.1, 0.15) is 5.57 Å². The van der Waals surface area contributed by atoms with Crippen LogP contribution in [0, 0.1) is 11.8 Å². The van der Waals surface area contributed by atoms with Crippen LogP contribution in [-0.2, 0) is 4.79 Å². The highest BCUT2D eigenvalue weighted by molar-refractivity contribution is 6.29. The third kappa shape index (κ3) is 2.19. The average Bonchev–Trinajstić information content (AvgIpc) is 2.64. The van der Waals surface area contributed by atoms with Gasteiger partial charge in [0.05, 0.1) is 0 Å². The lowest BCUT2D eigenvalue weighted by Gasteiger charge is -2.23. The lowest BCUT2D eigenvalue weighted by molar-refractivity contribution is -0.118. The van der Waals surface area contributed by atoms with Crippen molar-refractivity contribution >= 4 is 29.0 Å². The molecule has 96 valence electrons. The Morgan fingerprint density at radius 2 is 1.53 bits per heavy atom. The molecule has 0 aromatic heterocycles. The SMILES string of the molecule is O=C1C(=C(C(F)(F)Cl)C(F)(F)Cl)[C@H]2CC[C@@H]1C2. The number of hydrogen-bond donors (Lipinski definition) is 0. The first-order chi connectivity index (χ1) is 7.62. The van der Waals surface area contributed by atoms with E-state index in [1.54, 1.807) is 0 Å². The molecule has 0 spiro atoms. The number of alkyl halides is 6. The number of hydrogen-bond acceptors (Lipinski definition) is 1. The van der Waals surface area contributed by atoms with Crippen LogP contribution in [-0.4, -0.2) is 16.5 Å². The zero-order chi connectivity index (χ0) is 13.0. The minimum absolute atomic E-state index is 0.345. The summed E-state index contributed by atoms with van der Waals surface area (Å²) in [6.45, 7) is 0. The van der Waals surface area contributed by atoms with Gasteiger partial charge in [-0.2, -0.15) is 17.6 Å². The third-order valence-electron chi connectivity index (χ3n) is 3.31. The summed E-state index contributed by atoms with van der Waals surface area (Å²) in [7, 11) is 0. The normalized spacial score (nSPS) is 29.1. The van der Waals surface area contributed by atoms with E-state index in [2.05, 4.69) is 23.2 Å². The Balaban J connectivity index is 2.56. The predicted molar refractivity (Wildman–Crippen MR) is 54.5 cm³/mol. The largest absolute Gasteiger partial charge is 0.352 e. The van der Waals surface area contributed by atoms with Crippen LogP contribution in [0.3, 0.4) is 0 Å². The molecule has 0 aromatic rings. The number of Topliss-reactive ketones (excluding diaryl/α,β-unsaturated/α-hetero) is 1. The second-order valence-corrected chi connectivity index (χ2v) is 5.30. The predicted octanol–water partition coefficient (Wildman–Crippen LogP) is 3.95. The Morgan fingerprint density at radius 3 is 1.88 bits per heavy atom. The van der Waals surface area contributed by atoms with Crippen LogP contribution in [0.25, 0.3) is 0 Å². The highest BCUT2D eigenvalue weighted by Crippen LogP contribution is 2.53. The van der Waals surface area contributed by atoms with Crippen LogP contribution in [0.2, 0.25) is 0 Å². The molecule has 2 atom stereocenters. The minimum atomic E-state index is -4.30. The van der Waals surface area contributed by atoms with Crippen LogP contribution in [0.4, 0.5) is 17.6 Å². The van der Waals surface area contributed by atoms with Crippen LogP contribution in [0.5, 0.6) is 0 Å². The molecule has 2 fully saturated rings. The molecule has 2 saturated carbocycles. The summed E-state index contributed by atoms with van der Waals surface area (Å²) in [5, 5.41) is -8.61. The van der Waals surface area contributed by atoms with Gasteiger partial charge in [0.25, 0.3) is 0 Å². The van der Waals surface area contributed by atoms with Crippen molar-refractivity contribution in [2.75, 3.05) is 0 Å². The van der Waals surface area contributed by atoms with Crippen molar-refractivity contribution in [3.8, 4) is 0 Å². The fourth-order valence-electron chi connectivity index (χ4n) is 2.70. The van der Waals surface area contributed by atoms with E-state index in [4.69, 9.17) is 0 Å². The first-order valence-electron chi connectivity index (χ1n) is 5.05. The summed E-state index contributed by atoms with van der Waals surface area (Å²) in [6.07, 6.45) is 1.36. The van der Waals surface area contributed by atoms with E-state index in [9.17, 15) is 22.4 Å². The lowest BCUT2D eigenvalue weighted by Crippen LogP contribution is -2.30. The second kappa shape index (κ2) is 3.85. The summed E-state index contributed by atoms with van der Waals surface area (Å²) >= 11 is 9.32. The van der Waals surface area contributed by atoms with Gasteiger partial charge in [0.15, 0.2) is 5.78 Å². The number of carbonyl (C=O) groups excluding carboxylic acids is 1. The molecule has 2 aliphatic rings. The molecular weight excluding hydrogens is 283 g/mol. The van der Waals surface area contributed by atoms with Gasteiger partial charge in [-0.15, -0.1) is 0 Å². The number of halogens is 6. The van der Waals surface area contributed by atoms with Gasteiger partial charge in [-0.05, 0) is 48.4 Å². The Bertz CT molecular complexity index is 378. The lowest BCUT2D eigenvalue weighted by atomic mass is 9.89. The monoisotopic (exact) mass is 290 g/mol. The van der Waals surface area contributed by atoms with Crippen molar-refractivity contribution in [3.63, 3.8) is 0 Å². The van der Waals surface area contributed by atoms with Crippen molar-refractivity contribution in [3.05, 3.63) is 11.1 Å². The molecule has 0 radical (unpaired) electrons. The van der Waals surface area contributed by atoms with Gasteiger partial charge in [-0.1, -0.05) is 0 Å². The summed E-state index contributed by atoms with van der Waals surface area (Å²) < 4.78 is 52.1. The molecule has 7 heteroatoms. The molecule has 2 aliphatic carbocycles. The van der Waals surface area contributed by atoms with Gasteiger partial charge in [-0.3, -0.25) is 4.79 Å². The molecule has 2 bridgehead atoms. The van der Waals surface area contributed by atoms with E-state index in [0.29, 0.717) is 19.3 Å². The van der Waals surface area contributed by atoms with Crippen molar-refractivity contribution < 1.29 is 22.4 Å².